The molecule has 1 heterocycles. The van der Waals surface area contributed by atoms with Gasteiger partial charge in [0.05, 0.1) is 31.1 Å². The average molecular weight is 349 g/mol. The van der Waals surface area contributed by atoms with Crippen LogP contribution < -0.4 is 10.6 Å². The van der Waals surface area contributed by atoms with Gasteiger partial charge in [0, 0.05) is 19.9 Å². The number of halogens is 1. The Labute approximate surface area is 146 Å². The summed E-state index contributed by atoms with van der Waals surface area (Å²) in [5, 5.41) is 9.67. The number of carbonyl (C=O) groups is 1. The lowest BCUT2D eigenvalue weighted by Crippen LogP contribution is -2.36. The number of likely N-dealkylation sites (N-methyl/N-ethyl adjacent to an activating group) is 1. The molecule has 1 unspecified atom stereocenters. The third kappa shape index (κ3) is 5.84. The molecule has 1 atom stereocenters. The van der Waals surface area contributed by atoms with Crippen LogP contribution in [0.25, 0.3) is 0 Å². The summed E-state index contributed by atoms with van der Waals surface area (Å²) in [7, 11) is 5.39. The topological polar surface area (TPSA) is 71.4 Å². The molecule has 2 N–H and O–H groups in total. The second-order valence-electron chi connectivity index (χ2n) is 5.85. The van der Waals surface area contributed by atoms with E-state index in [4.69, 9.17) is 4.74 Å². The van der Waals surface area contributed by atoms with Crippen LogP contribution in [0.4, 0.5) is 14.9 Å². The molecule has 1 aromatic heterocycles. The lowest BCUT2D eigenvalue weighted by molar-refractivity contribution is 0.183. The van der Waals surface area contributed by atoms with Gasteiger partial charge in [-0.3, -0.25) is 4.68 Å². The molecule has 0 radical (unpaired) electrons. The van der Waals surface area contributed by atoms with Gasteiger partial charge in [0.1, 0.15) is 5.82 Å². The quantitative estimate of drug-likeness (QED) is 0.766. The number of amides is 2. The number of methoxy groups -OCH3 is 1. The van der Waals surface area contributed by atoms with E-state index in [-0.39, 0.29) is 17.9 Å². The molecular formula is C17H24FN5O2. The number of nitrogens with zero attached hydrogens (tertiary/aromatic N) is 3. The molecule has 0 bridgehead atoms. The first-order valence-electron chi connectivity index (χ1n) is 7.97. The van der Waals surface area contributed by atoms with Gasteiger partial charge in [-0.1, -0.05) is 12.1 Å². The van der Waals surface area contributed by atoms with Gasteiger partial charge in [-0.15, -0.1) is 0 Å². The van der Waals surface area contributed by atoms with Crippen molar-refractivity contribution in [2.45, 2.75) is 12.6 Å². The molecular weight excluding hydrogens is 325 g/mol. The fourth-order valence-corrected chi connectivity index (χ4v) is 2.41. The highest BCUT2D eigenvalue weighted by Crippen LogP contribution is 2.18. The lowest BCUT2D eigenvalue weighted by Gasteiger charge is -2.25. The molecule has 0 saturated heterocycles. The number of aromatic nitrogens is 2. The maximum Gasteiger partial charge on any atom is 0.319 e. The highest BCUT2D eigenvalue weighted by Gasteiger charge is 2.16. The minimum absolute atomic E-state index is 0.133. The Hall–Kier alpha value is -2.45. The van der Waals surface area contributed by atoms with E-state index in [0.29, 0.717) is 25.4 Å². The normalized spacial score (nSPS) is 12.2. The van der Waals surface area contributed by atoms with Crippen molar-refractivity contribution in [1.29, 1.82) is 0 Å². The minimum atomic E-state index is -0.338. The molecule has 0 aliphatic rings. The molecule has 2 aromatic rings. The number of carbonyl (C=O) groups excluding carboxylic acids is 1. The van der Waals surface area contributed by atoms with Crippen molar-refractivity contribution in [1.82, 2.24) is 20.0 Å². The van der Waals surface area contributed by atoms with E-state index in [2.05, 4.69) is 15.7 Å². The van der Waals surface area contributed by atoms with E-state index in [1.54, 1.807) is 30.3 Å². The summed E-state index contributed by atoms with van der Waals surface area (Å²) in [5.74, 6) is -0.294. The van der Waals surface area contributed by atoms with Crippen LogP contribution >= 0.6 is 0 Å². The van der Waals surface area contributed by atoms with Gasteiger partial charge in [0.25, 0.3) is 0 Å². The van der Waals surface area contributed by atoms with Gasteiger partial charge < -0.3 is 20.3 Å². The molecule has 0 fully saturated rings. The Balaban J connectivity index is 1.89. The van der Waals surface area contributed by atoms with Crippen LogP contribution in [0.1, 0.15) is 11.6 Å². The first-order valence-corrected chi connectivity index (χ1v) is 7.97. The summed E-state index contributed by atoms with van der Waals surface area (Å²) < 4.78 is 20.1. The van der Waals surface area contributed by atoms with Gasteiger partial charge in [-0.2, -0.15) is 5.10 Å². The average Bonchev–Trinajstić information content (AvgIpc) is 3.00. The number of anilines is 1. The van der Waals surface area contributed by atoms with E-state index in [1.165, 1.54) is 12.1 Å². The fraction of sp³-hybridized carbons (Fsp3) is 0.412. The van der Waals surface area contributed by atoms with Crippen LogP contribution in [0.2, 0.25) is 0 Å². The predicted molar refractivity (Wildman–Crippen MR) is 94.0 cm³/mol. The van der Waals surface area contributed by atoms with Crippen molar-refractivity contribution in [2.24, 2.45) is 0 Å². The van der Waals surface area contributed by atoms with Gasteiger partial charge in [0.2, 0.25) is 0 Å². The highest BCUT2D eigenvalue weighted by molar-refractivity contribution is 5.88. The third-order valence-corrected chi connectivity index (χ3v) is 3.73. The molecule has 1 aromatic carbocycles. The molecule has 136 valence electrons. The largest absolute Gasteiger partial charge is 0.383 e. The van der Waals surface area contributed by atoms with Crippen molar-refractivity contribution >= 4 is 11.7 Å². The van der Waals surface area contributed by atoms with Crippen molar-refractivity contribution < 1.29 is 13.9 Å². The van der Waals surface area contributed by atoms with Crippen LogP contribution in [-0.2, 0) is 11.3 Å². The Morgan fingerprint density at radius 3 is 2.92 bits per heavy atom. The SMILES string of the molecule is COCCn1cc(NC(=O)NCC(c2cccc(F)c2)N(C)C)cn1. The first-order chi connectivity index (χ1) is 12.0. The maximum atomic E-state index is 13.4. The molecule has 0 aliphatic heterocycles. The molecule has 7 nitrogen and oxygen atoms in total. The number of benzene rings is 1. The number of ether oxygens (including phenoxy) is 1. The summed E-state index contributed by atoms with van der Waals surface area (Å²) >= 11 is 0. The van der Waals surface area contributed by atoms with Crippen molar-refractivity contribution in [3.63, 3.8) is 0 Å². The lowest BCUT2D eigenvalue weighted by atomic mass is 10.1. The van der Waals surface area contributed by atoms with E-state index in [1.807, 2.05) is 25.1 Å². The molecule has 25 heavy (non-hydrogen) atoms. The van der Waals surface area contributed by atoms with Crippen LogP contribution in [0.15, 0.2) is 36.7 Å². The second-order valence-corrected chi connectivity index (χ2v) is 5.85. The number of rotatable bonds is 8. The molecule has 0 aliphatic carbocycles. The van der Waals surface area contributed by atoms with Gasteiger partial charge in [0.15, 0.2) is 0 Å². The molecule has 2 amide bonds. The minimum Gasteiger partial charge on any atom is -0.383 e. The van der Waals surface area contributed by atoms with E-state index < -0.39 is 0 Å². The molecule has 8 heteroatoms. The summed E-state index contributed by atoms with van der Waals surface area (Å²) in [6.07, 6.45) is 3.31. The Morgan fingerprint density at radius 1 is 1.44 bits per heavy atom. The Kier molecular flexibility index (Phi) is 6.91. The number of hydrogen-bond donors (Lipinski definition) is 2. The fourth-order valence-electron chi connectivity index (χ4n) is 2.41. The molecule has 0 saturated carbocycles. The van der Waals surface area contributed by atoms with Gasteiger partial charge in [-0.05, 0) is 31.8 Å². The van der Waals surface area contributed by atoms with Gasteiger partial charge in [-0.25, -0.2) is 9.18 Å². The van der Waals surface area contributed by atoms with Crippen molar-refractivity contribution in [3.8, 4) is 0 Å². The van der Waals surface area contributed by atoms with Crippen LogP contribution in [0, 0.1) is 5.82 Å². The highest BCUT2D eigenvalue weighted by atomic mass is 19.1. The van der Waals surface area contributed by atoms with Crippen molar-refractivity contribution in [2.75, 3.05) is 39.7 Å². The van der Waals surface area contributed by atoms with Crippen LogP contribution in [0.3, 0.4) is 0 Å². The zero-order valence-electron chi connectivity index (χ0n) is 14.7. The Bertz CT molecular complexity index is 689. The van der Waals surface area contributed by atoms with E-state index in [0.717, 1.165) is 5.56 Å². The number of urea groups is 1. The van der Waals surface area contributed by atoms with E-state index in [9.17, 15) is 9.18 Å². The monoisotopic (exact) mass is 349 g/mol. The second kappa shape index (κ2) is 9.14. The summed E-state index contributed by atoms with van der Waals surface area (Å²) in [5.41, 5.74) is 1.40. The van der Waals surface area contributed by atoms with Crippen LogP contribution in [-0.4, -0.2) is 55.1 Å². The van der Waals surface area contributed by atoms with Crippen LogP contribution in [0.5, 0.6) is 0 Å². The summed E-state index contributed by atoms with van der Waals surface area (Å²) in [6.45, 7) is 1.51. The standard InChI is InChI=1S/C17H24FN5O2/c1-22(2)16(13-5-4-6-14(18)9-13)11-19-17(24)21-15-10-20-23(12-15)7-8-25-3/h4-6,9-10,12,16H,7-8,11H2,1-3H3,(H2,19,21,24). The van der Waals surface area contributed by atoms with Gasteiger partial charge >= 0.3 is 6.03 Å². The zero-order valence-corrected chi connectivity index (χ0v) is 14.7. The van der Waals surface area contributed by atoms with E-state index >= 15 is 0 Å². The predicted octanol–water partition coefficient (Wildman–Crippen LogP) is 2.09. The Morgan fingerprint density at radius 2 is 2.24 bits per heavy atom. The first kappa shape index (κ1) is 18.9. The smallest absolute Gasteiger partial charge is 0.319 e. The third-order valence-electron chi connectivity index (χ3n) is 3.73. The summed E-state index contributed by atoms with van der Waals surface area (Å²) in [6, 6.07) is 5.91. The van der Waals surface area contributed by atoms with Crippen molar-refractivity contribution in [3.05, 3.63) is 48.0 Å². The summed E-state index contributed by atoms with van der Waals surface area (Å²) in [4.78, 5) is 14.0. The maximum absolute atomic E-state index is 13.4. The molecule has 0 spiro atoms. The zero-order chi connectivity index (χ0) is 18.2. The number of hydrogen-bond acceptors (Lipinski definition) is 4. The number of nitrogens with one attached hydrogen (secondary N) is 2. The molecule has 2 rings (SSSR count).